The standard InChI is InChI=1S/C76H48S/c1-5-21-49(22-6-1)55-41-56(50-23-7-2-8-24-50)44-59(43-55)75-66-33-17-13-29-62(66)73(63-30-14-18-34-67(63)75)53-38-40-71-70(47-53)61-39-37-54(48-72(61)77-71)74-64-31-15-19-35-68(64)76(69-36-20-16-32-65(69)74)60-45-57(51-25-9-3-10-26-51)42-58(46-60)52-27-11-4-12-28-52/h1-48H. The van der Waals surface area contributed by atoms with Crippen LogP contribution in [-0.2, 0) is 0 Å². The molecule has 77 heavy (non-hydrogen) atoms. The van der Waals surface area contributed by atoms with Gasteiger partial charge in [0.2, 0.25) is 0 Å². The van der Waals surface area contributed by atoms with Crippen LogP contribution >= 0.6 is 11.3 Å². The average Bonchev–Trinajstić information content (AvgIpc) is 3.92. The van der Waals surface area contributed by atoms with E-state index in [0.29, 0.717) is 0 Å². The van der Waals surface area contributed by atoms with E-state index in [2.05, 4.69) is 291 Å². The lowest BCUT2D eigenvalue weighted by atomic mass is 9.84. The van der Waals surface area contributed by atoms with Gasteiger partial charge in [0.1, 0.15) is 0 Å². The molecule has 15 aromatic rings. The topological polar surface area (TPSA) is 0 Å². The largest absolute Gasteiger partial charge is 0.135 e. The normalized spacial score (nSPS) is 11.6. The summed E-state index contributed by atoms with van der Waals surface area (Å²) in [6.07, 6.45) is 0. The van der Waals surface area contributed by atoms with E-state index in [1.54, 1.807) is 0 Å². The molecule has 0 aliphatic carbocycles. The van der Waals surface area contributed by atoms with Crippen LogP contribution in [0.15, 0.2) is 291 Å². The number of benzene rings is 14. The number of hydrogen-bond donors (Lipinski definition) is 0. The molecule has 0 aliphatic heterocycles. The number of rotatable bonds is 8. The van der Waals surface area contributed by atoms with Crippen molar-refractivity contribution in [2.45, 2.75) is 0 Å². The van der Waals surface area contributed by atoms with Crippen LogP contribution in [0.1, 0.15) is 0 Å². The molecule has 1 heterocycles. The molecule has 0 saturated heterocycles. The third-order valence-corrected chi connectivity index (χ3v) is 16.9. The third-order valence-electron chi connectivity index (χ3n) is 15.8. The fraction of sp³-hybridized carbons (Fsp3) is 0. The molecule has 0 aliphatic rings. The van der Waals surface area contributed by atoms with E-state index >= 15 is 0 Å². The Morgan fingerprint density at radius 2 is 0.416 bits per heavy atom. The molecule has 0 nitrogen and oxygen atoms in total. The molecule has 0 amide bonds. The molecule has 0 fully saturated rings. The van der Waals surface area contributed by atoms with Gasteiger partial charge in [0.05, 0.1) is 0 Å². The first-order valence-corrected chi connectivity index (χ1v) is 27.4. The van der Waals surface area contributed by atoms with Gasteiger partial charge in [0, 0.05) is 20.2 Å². The molecule has 0 spiro atoms. The summed E-state index contributed by atoms with van der Waals surface area (Å²) in [5.41, 5.74) is 19.6. The highest BCUT2D eigenvalue weighted by molar-refractivity contribution is 7.25. The molecule has 1 aromatic heterocycles. The molecule has 14 aromatic carbocycles. The first-order valence-electron chi connectivity index (χ1n) is 26.6. The molecular weight excluding hydrogens is 945 g/mol. The summed E-state index contributed by atoms with van der Waals surface area (Å²) in [5, 5.41) is 12.6. The van der Waals surface area contributed by atoms with Crippen molar-refractivity contribution in [3.8, 4) is 89.0 Å². The van der Waals surface area contributed by atoms with E-state index in [-0.39, 0.29) is 0 Å². The van der Waals surface area contributed by atoms with Crippen molar-refractivity contribution in [1.82, 2.24) is 0 Å². The van der Waals surface area contributed by atoms with Gasteiger partial charge in [-0.1, -0.05) is 237 Å². The van der Waals surface area contributed by atoms with Crippen molar-refractivity contribution in [3.05, 3.63) is 291 Å². The molecule has 1 heteroatoms. The SMILES string of the molecule is c1ccc(-c2cc(-c3ccccc3)cc(-c3c4ccccc4c(-c4ccc5c(c4)sc4ccc(-c6c7ccccc7c(-c7cc(-c8ccccc8)cc(-c8ccccc8)c7)c7ccccc67)cc45)c4ccccc34)c2)cc1. The maximum Gasteiger partial charge on any atom is 0.0361 e. The monoisotopic (exact) mass is 992 g/mol. The van der Waals surface area contributed by atoms with Crippen LogP contribution in [0.3, 0.4) is 0 Å². The van der Waals surface area contributed by atoms with Crippen LogP contribution in [0.5, 0.6) is 0 Å². The summed E-state index contributed by atoms with van der Waals surface area (Å²) >= 11 is 1.89. The zero-order valence-corrected chi connectivity index (χ0v) is 42.9. The number of hydrogen-bond acceptors (Lipinski definition) is 1. The highest BCUT2D eigenvalue weighted by Gasteiger charge is 2.22. The van der Waals surface area contributed by atoms with Crippen LogP contribution < -0.4 is 0 Å². The van der Waals surface area contributed by atoms with E-state index in [4.69, 9.17) is 0 Å². The van der Waals surface area contributed by atoms with Crippen molar-refractivity contribution in [1.29, 1.82) is 0 Å². The Balaban J connectivity index is 0.887. The van der Waals surface area contributed by atoms with Gasteiger partial charge in [-0.2, -0.15) is 0 Å². The Morgan fingerprint density at radius 1 is 0.143 bits per heavy atom. The van der Waals surface area contributed by atoms with Crippen LogP contribution in [0.25, 0.3) is 152 Å². The second-order valence-corrected chi connectivity index (χ2v) is 21.4. The third kappa shape index (κ3) is 7.74. The summed E-state index contributed by atoms with van der Waals surface area (Å²) in [5.74, 6) is 0. The Labute approximate surface area is 452 Å². The van der Waals surface area contributed by atoms with Crippen molar-refractivity contribution in [2.75, 3.05) is 0 Å². The van der Waals surface area contributed by atoms with Crippen molar-refractivity contribution >= 4 is 74.6 Å². The van der Waals surface area contributed by atoms with Gasteiger partial charge in [-0.25, -0.2) is 0 Å². The minimum absolute atomic E-state index is 1.21. The lowest BCUT2D eigenvalue weighted by Gasteiger charge is -2.19. The Morgan fingerprint density at radius 3 is 0.753 bits per heavy atom. The van der Waals surface area contributed by atoms with E-state index in [9.17, 15) is 0 Å². The summed E-state index contributed by atoms with van der Waals surface area (Å²) in [6, 6.07) is 108. The second kappa shape index (κ2) is 18.6. The Kier molecular flexibility index (Phi) is 10.8. The molecule has 0 unspecified atom stereocenters. The zero-order valence-electron chi connectivity index (χ0n) is 42.1. The fourth-order valence-corrected chi connectivity index (χ4v) is 13.4. The number of fused-ring (bicyclic) bond motifs is 7. The van der Waals surface area contributed by atoms with E-state index < -0.39 is 0 Å². The van der Waals surface area contributed by atoms with E-state index in [0.717, 1.165) is 0 Å². The predicted octanol–water partition coefficient (Wildman–Crippen LogP) is 22.0. The first kappa shape index (κ1) is 44.8. The van der Waals surface area contributed by atoms with Crippen molar-refractivity contribution in [3.63, 3.8) is 0 Å². The van der Waals surface area contributed by atoms with Crippen LogP contribution in [0, 0.1) is 0 Å². The minimum Gasteiger partial charge on any atom is -0.135 e. The van der Waals surface area contributed by atoms with Crippen LogP contribution in [0.4, 0.5) is 0 Å². The molecule has 15 rings (SSSR count). The summed E-state index contributed by atoms with van der Waals surface area (Å²) in [4.78, 5) is 0. The molecular formula is C76H48S. The van der Waals surface area contributed by atoms with Gasteiger partial charge >= 0.3 is 0 Å². The number of thiophene rings is 1. The van der Waals surface area contributed by atoms with Crippen molar-refractivity contribution in [2.24, 2.45) is 0 Å². The predicted molar refractivity (Wildman–Crippen MR) is 333 cm³/mol. The van der Waals surface area contributed by atoms with E-state index in [1.165, 1.54) is 152 Å². The molecule has 358 valence electrons. The summed E-state index contributed by atoms with van der Waals surface area (Å²) < 4.78 is 2.57. The smallest absolute Gasteiger partial charge is 0.0361 e. The van der Waals surface area contributed by atoms with Gasteiger partial charge in [0.15, 0.2) is 0 Å². The molecule has 0 saturated carbocycles. The lowest BCUT2D eigenvalue weighted by molar-refractivity contribution is 1.58. The highest BCUT2D eigenvalue weighted by atomic mass is 32.1. The van der Waals surface area contributed by atoms with Gasteiger partial charge in [-0.05, 0) is 187 Å². The van der Waals surface area contributed by atoms with Crippen LogP contribution in [-0.4, -0.2) is 0 Å². The first-order chi connectivity index (χ1) is 38.2. The van der Waals surface area contributed by atoms with Crippen LogP contribution in [0.2, 0.25) is 0 Å². The van der Waals surface area contributed by atoms with E-state index in [1.807, 2.05) is 11.3 Å². The lowest BCUT2D eigenvalue weighted by Crippen LogP contribution is -1.92. The van der Waals surface area contributed by atoms with Crippen molar-refractivity contribution < 1.29 is 0 Å². The quantitative estimate of drug-likeness (QED) is 0.133. The fourth-order valence-electron chi connectivity index (χ4n) is 12.3. The molecule has 0 atom stereocenters. The van der Waals surface area contributed by atoms with Gasteiger partial charge in [-0.3, -0.25) is 0 Å². The molecule has 0 bridgehead atoms. The second-order valence-electron chi connectivity index (χ2n) is 20.3. The Hall–Kier alpha value is -9.66. The Bertz CT molecular complexity index is 4530. The molecule has 0 radical (unpaired) electrons. The maximum atomic E-state index is 2.46. The molecule has 0 N–H and O–H groups in total. The van der Waals surface area contributed by atoms with Gasteiger partial charge in [-0.15, -0.1) is 11.3 Å². The average molecular weight is 993 g/mol. The zero-order chi connectivity index (χ0) is 50.8. The van der Waals surface area contributed by atoms with Gasteiger partial charge in [0.25, 0.3) is 0 Å². The summed E-state index contributed by atoms with van der Waals surface area (Å²) in [7, 11) is 0. The van der Waals surface area contributed by atoms with Gasteiger partial charge < -0.3 is 0 Å². The highest BCUT2D eigenvalue weighted by Crippen LogP contribution is 2.49. The minimum atomic E-state index is 1.21. The maximum absolute atomic E-state index is 2.46. The summed E-state index contributed by atoms with van der Waals surface area (Å²) in [6.45, 7) is 0.